The molecule has 2 N–H and O–H groups in total. The molecule has 76 valence electrons. The van der Waals surface area contributed by atoms with Gasteiger partial charge in [-0.2, -0.15) is 0 Å². The van der Waals surface area contributed by atoms with E-state index in [0.717, 1.165) is 18.4 Å². The second-order valence-corrected chi connectivity index (χ2v) is 4.31. The summed E-state index contributed by atoms with van der Waals surface area (Å²) in [6.45, 7) is 2.03. The van der Waals surface area contributed by atoms with Crippen molar-refractivity contribution >= 4 is 0 Å². The summed E-state index contributed by atoms with van der Waals surface area (Å²) < 4.78 is 13.4. The van der Waals surface area contributed by atoms with E-state index >= 15 is 0 Å². The summed E-state index contributed by atoms with van der Waals surface area (Å²) in [5.74, 6) is 0.910. The van der Waals surface area contributed by atoms with Gasteiger partial charge in [0, 0.05) is 6.04 Å². The van der Waals surface area contributed by atoms with Crippen molar-refractivity contribution in [3.05, 3.63) is 35.6 Å². The highest BCUT2D eigenvalue weighted by molar-refractivity contribution is 5.24. The molecule has 0 radical (unpaired) electrons. The zero-order chi connectivity index (χ0) is 10.1. The topological polar surface area (TPSA) is 26.0 Å². The Bertz CT molecular complexity index is 316. The molecule has 0 aliphatic heterocycles. The van der Waals surface area contributed by atoms with Gasteiger partial charge >= 0.3 is 0 Å². The Morgan fingerprint density at radius 2 is 2.00 bits per heavy atom. The molecule has 1 saturated carbocycles. The van der Waals surface area contributed by atoms with Gasteiger partial charge in [-0.25, -0.2) is 4.39 Å². The molecule has 2 rings (SSSR count). The fraction of sp³-hybridized carbons (Fsp3) is 0.500. The lowest BCUT2D eigenvalue weighted by Crippen LogP contribution is -2.36. The van der Waals surface area contributed by atoms with Gasteiger partial charge in [0.05, 0.1) is 0 Å². The number of hydrogen-bond donors (Lipinski definition) is 1. The normalized spacial score (nSPS) is 28.2. The van der Waals surface area contributed by atoms with Crippen LogP contribution >= 0.6 is 0 Å². The van der Waals surface area contributed by atoms with Gasteiger partial charge in [-0.3, -0.25) is 0 Å². The van der Waals surface area contributed by atoms with E-state index in [1.807, 2.05) is 19.1 Å². The van der Waals surface area contributed by atoms with Crippen molar-refractivity contribution in [3.63, 3.8) is 0 Å². The Balaban J connectivity index is 2.03. The number of rotatable bonds is 2. The molecule has 2 heteroatoms. The Labute approximate surface area is 84.1 Å². The second kappa shape index (κ2) is 3.70. The van der Waals surface area contributed by atoms with E-state index in [4.69, 9.17) is 5.73 Å². The maximum atomic E-state index is 13.4. The molecule has 1 aromatic carbocycles. The zero-order valence-electron chi connectivity index (χ0n) is 8.41. The first-order chi connectivity index (χ1) is 6.68. The smallest absolute Gasteiger partial charge is 0.126 e. The van der Waals surface area contributed by atoms with Crippen molar-refractivity contribution in [2.45, 2.75) is 31.7 Å². The summed E-state index contributed by atoms with van der Waals surface area (Å²) in [6, 6.07) is 7.31. The highest BCUT2D eigenvalue weighted by Gasteiger charge is 2.33. The van der Waals surface area contributed by atoms with Gasteiger partial charge in [0.15, 0.2) is 0 Å². The van der Waals surface area contributed by atoms with Crippen LogP contribution in [0.2, 0.25) is 0 Å². The predicted molar refractivity (Wildman–Crippen MR) is 55.5 cm³/mol. The number of benzene rings is 1. The minimum absolute atomic E-state index is 0.0689. The molecule has 1 aromatic rings. The maximum absolute atomic E-state index is 13.4. The van der Waals surface area contributed by atoms with Crippen LogP contribution in [0, 0.1) is 11.7 Å². The lowest BCUT2D eigenvalue weighted by molar-refractivity contribution is 0.225. The van der Waals surface area contributed by atoms with Crippen LogP contribution in [0.25, 0.3) is 0 Å². The molecule has 1 nitrogen and oxygen atoms in total. The van der Waals surface area contributed by atoms with Crippen LogP contribution < -0.4 is 5.73 Å². The van der Waals surface area contributed by atoms with Crippen molar-refractivity contribution in [1.29, 1.82) is 0 Å². The Morgan fingerprint density at radius 1 is 1.36 bits per heavy atom. The Morgan fingerprint density at radius 3 is 2.57 bits per heavy atom. The maximum Gasteiger partial charge on any atom is 0.126 e. The van der Waals surface area contributed by atoms with Gasteiger partial charge in [0.1, 0.15) is 5.82 Å². The first kappa shape index (κ1) is 9.66. The molecule has 0 spiro atoms. The van der Waals surface area contributed by atoms with E-state index in [-0.39, 0.29) is 11.9 Å². The highest BCUT2D eigenvalue weighted by Crippen LogP contribution is 2.43. The molecular weight excluding hydrogens is 177 g/mol. The van der Waals surface area contributed by atoms with Crippen LogP contribution in [0.15, 0.2) is 24.3 Å². The van der Waals surface area contributed by atoms with Gasteiger partial charge in [0.2, 0.25) is 0 Å². The second-order valence-electron chi connectivity index (χ2n) is 4.31. The summed E-state index contributed by atoms with van der Waals surface area (Å²) in [6.07, 6.45) is 2.08. The molecule has 1 aliphatic carbocycles. The van der Waals surface area contributed by atoms with Crippen molar-refractivity contribution in [2.24, 2.45) is 11.7 Å². The lowest BCUT2D eigenvalue weighted by atomic mass is 9.69. The van der Waals surface area contributed by atoms with Gasteiger partial charge < -0.3 is 5.73 Å². The third-order valence-electron chi connectivity index (χ3n) is 3.26. The summed E-state index contributed by atoms with van der Waals surface area (Å²) >= 11 is 0. The molecule has 0 bridgehead atoms. The van der Waals surface area contributed by atoms with E-state index in [1.54, 1.807) is 6.07 Å². The molecule has 14 heavy (non-hydrogen) atoms. The summed E-state index contributed by atoms with van der Waals surface area (Å²) in [4.78, 5) is 0. The number of nitrogens with two attached hydrogens (primary N) is 1. The minimum atomic E-state index is -0.0689. The first-order valence-corrected chi connectivity index (χ1v) is 5.18. The molecule has 1 aliphatic rings. The van der Waals surface area contributed by atoms with Crippen LogP contribution in [0.1, 0.15) is 31.2 Å². The van der Waals surface area contributed by atoms with Gasteiger partial charge in [-0.1, -0.05) is 18.2 Å². The van der Waals surface area contributed by atoms with Gasteiger partial charge in [-0.05, 0) is 43.2 Å². The lowest BCUT2D eigenvalue weighted by Gasteiger charge is -2.38. The molecule has 0 amide bonds. The fourth-order valence-electron chi connectivity index (χ4n) is 2.15. The molecule has 1 atom stereocenters. The minimum Gasteiger partial charge on any atom is -0.328 e. The van der Waals surface area contributed by atoms with E-state index in [1.165, 1.54) is 6.07 Å². The van der Waals surface area contributed by atoms with Crippen molar-refractivity contribution in [1.82, 2.24) is 0 Å². The van der Waals surface area contributed by atoms with Crippen LogP contribution in [0.3, 0.4) is 0 Å². The third kappa shape index (κ3) is 1.67. The quantitative estimate of drug-likeness (QED) is 0.767. The van der Waals surface area contributed by atoms with E-state index in [0.29, 0.717) is 11.8 Å². The molecule has 0 aromatic heterocycles. The predicted octanol–water partition coefficient (Wildman–Crippen LogP) is 2.67. The number of hydrogen-bond acceptors (Lipinski definition) is 1. The average Bonchev–Trinajstić information content (AvgIpc) is 2.05. The standard InChI is InChI=1S/C12H16FN/c1-8(14)9-6-10(7-9)11-4-2-3-5-12(11)13/h2-5,8-10H,6-7,14H2,1H3. The first-order valence-electron chi connectivity index (χ1n) is 5.18. The molecule has 0 heterocycles. The largest absolute Gasteiger partial charge is 0.328 e. The highest BCUT2D eigenvalue weighted by atomic mass is 19.1. The molecule has 1 unspecified atom stereocenters. The average molecular weight is 193 g/mol. The third-order valence-corrected chi connectivity index (χ3v) is 3.26. The summed E-state index contributed by atoms with van der Waals surface area (Å²) in [5.41, 5.74) is 6.65. The molecular formula is C12H16FN. The van der Waals surface area contributed by atoms with Crippen molar-refractivity contribution < 1.29 is 4.39 Å². The van der Waals surface area contributed by atoms with Crippen LogP contribution in [-0.2, 0) is 0 Å². The van der Waals surface area contributed by atoms with Crippen LogP contribution in [0.4, 0.5) is 4.39 Å². The monoisotopic (exact) mass is 193 g/mol. The number of halogens is 1. The van der Waals surface area contributed by atoms with E-state index in [9.17, 15) is 4.39 Å². The van der Waals surface area contributed by atoms with Crippen LogP contribution in [0.5, 0.6) is 0 Å². The SMILES string of the molecule is CC(N)C1CC(c2ccccc2F)C1. The van der Waals surface area contributed by atoms with Crippen molar-refractivity contribution in [2.75, 3.05) is 0 Å². The van der Waals surface area contributed by atoms with Gasteiger partial charge in [-0.15, -0.1) is 0 Å². The van der Waals surface area contributed by atoms with E-state index in [2.05, 4.69) is 0 Å². The Kier molecular flexibility index (Phi) is 2.55. The van der Waals surface area contributed by atoms with Gasteiger partial charge in [0.25, 0.3) is 0 Å². The Hall–Kier alpha value is -0.890. The molecule has 1 fully saturated rings. The molecule has 0 saturated heterocycles. The van der Waals surface area contributed by atoms with Crippen molar-refractivity contribution in [3.8, 4) is 0 Å². The summed E-state index contributed by atoms with van der Waals surface area (Å²) in [5, 5.41) is 0. The van der Waals surface area contributed by atoms with E-state index < -0.39 is 0 Å². The zero-order valence-corrected chi connectivity index (χ0v) is 8.41. The van der Waals surface area contributed by atoms with Crippen LogP contribution in [-0.4, -0.2) is 6.04 Å². The summed E-state index contributed by atoms with van der Waals surface area (Å²) in [7, 11) is 0. The fourth-order valence-corrected chi connectivity index (χ4v) is 2.15.